The Morgan fingerprint density at radius 3 is 2.08 bits per heavy atom. The lowest BCUT2D eigenvalue weighted by Gasteiger charge is -2.22. The first-order valence-corrected chi connectivity index (χ1v) is 4.70. The highest BCUT2D eigenvalue weighted by atomic mass is 79.9. The number of anilines is 1. The molecule has 2 nitrogen and oxygen atoms in total. The first-order chi connectivity index (χ1) is 5.61. The molecule has 13 heavy (non-hydrogen) atoms. The fourth-order valence-corrected chi connectivity index (χ4v) is 1.18. The van der Waals surface area contributed by atoms with Crippen molar-refractivity contribution in [1.82, 2.24) is 0 Å². The van der Waals surface area contributed by atoms with Crippen LogP contribution in [0.15, 0.2) is 28.7 Å². The number of nitrogens with two attached hydrogens (primary N) is 1. The smallest absolute Gasteiger partial charge is 0.0520 e. The molecule has 1 aromatic carbocycles. The maximum absolute atomic E-state index is 5.81. The molecule has 0 heterocycles. The third kappa shape index (κ3) is 3.67. The van der Waals surface area contributed by atoms with Gasteiger partial charge in [-0.2, -0.15) is 0 Å². The van der Waals surface area contributed by atoms with E-state index in [-0.39, 0.29) is 17.0 Å². The molecule has 0 saturated heterocycles. The van der Waals surface area contributed by atoms with Crippen LogP contribution < -0.4 is 10.9 Å². The molecular weight excluding hydrogens is 296 g/mol. The molecule has 0 bridgehead atoms. The maximum atomic E-state index is 5.81. The second-order valence-corrected chi connectivity index (χ2v) is 3.89. The van der Waals surface area contributed by atoms with Crippen LogP contribution in [0.3, 0.4) is 0 Å². The quantitative estimate of drug-likeness (QED) is 0.672. The topological polar surface area (TPSA) is 29.3 Å². The van der Waals surface area contributed by atoms with Gasteiger partial charge in [-0.25, -0.2) is 5.84 Å². The van der Waals surface area contributed by atoms with E-state index in [2.05, 4.69) is 29.8 Å². The van der Waals surface area contributed by atoms with Crippen LogP contribution in [-0.2, 0) is 0 Å². The van der Waals surface area contributed by atoms with Crippen molar-refractivity contribution in [2.45, 2.75) is 19.9 Å². The summed E-state index contributed by atoms with van der Waals surface area (Å²) in [5.41, 5.74) is 1.04. The van der Waals surface area contributed by atoms with Crippen molar-refractivity contribution in [2.75, 3.05) is 5.01 Å². The molecule has 4 heteroatoms. The molecule has 1 aromatic rings. The van der Waals surface area contributed by atoms with Crippen molar-refractivity contribution < 1.29 is 0 Å². The molecular formula is C9H14Br2N2. The van der Waals surface area contributed by atoms with Crippen LogP contribution in [-0.4, -0.2) is 6.04 Å². The van der Waals surface area contributed by atoms with Crippen molar-refractivity contribution in [3.05, 3.63) is 28.7 Å². The monoisotopic (exact) mass is 308 g/mol. The average Bonchev–Trinajstić information content (AvgIpc) is 2.04. The highest BCUT2D eigenvalue weighted by molar-refractivity contribution is 9.10. The van der Waals surface area contributed by atoms with Crippen molar-refractivity contribution in [3.63, 3.8) is 0 Å². The van der Waals surface area contributed by atoms with Gasteiger partial charge in [-0.15, -0.1) is 17.0 Å². The van der Waals surface area contributed by atoms with Crippen LogP contribution in [0.1, 0.15) is 13.8 Å². The van der Waals surface area contributed by atoms with Gasteiger partial charge in [0.05, 0.1) is 5.69 Å². The van der Waals surface area contributed by atoms with Gasteiger partial charge in [0, 0.05) is 10.5 Å². The Kier molecular flexibility index (Phi) is 5.60. The van der Waals surface area contributed by atoms with Crippen LogP contribution in [0.25, 0.3) is 0 Å². The largest absolute Gasteiger partial charge is 0.309 e. The molecule has 0 aromatic heterocycles. The van der Waals surface area contributed by atoms with E-state index >= 15 is 0 Å². The summed E-state index contributed by atoms with van der Waals surface area (Å²) in [5, 5.41) is 1.74. The van der Waals surface area contributed by atoms with Crippen LogP contribution in [0, 0.1) is 0 Å². The van der Waals surface area contributed by atoms with E-state index < -0.39 is 0 Å². The molecule has 0 amide bonds. The number of hydrogen-bond acceptors (Lipinski definition) is 2. The second kappa shape index (κ2) is 5.62. The molecule has 0 aliphatic rings. The van der Waals surface area contributed by atoms with Crippen molar-refractivity contribution in [3.8, 4) is 0 Å². The summed E-state index contributed by atoms with van der Waals surface area (Å²) in [4.78, 5) is 0. The minimum Gasteiger partial charge on any atom is -0.309 e. The number of hydrazine groups is 1. The third-order valence-electron chi connectivity index (χ3n) is 1.68. The predicted octanol–water partition coefficient (Wildman–Crippen LogP) is 3.12. The minimum atomic E-state index is 0. The summed E-state index contributed by atoms with van der Waals surface area (Å²) >= 11 is 3.37. The van der Waals surface area contributed by atoms with E-state index in [9.17, 15) is 0 Å². The summed E-state index contributed by atoms with van der Waals surface area (Å²) in [6.45, 7) is 4.12. The Balaban J connectivity index is 0.00000144. The fourth-order valence-electron chi connectivity index (χ4n) is 0.911. The zero-order valence-corrected chi connectivity index (χ0v) is 11.0. The molecule has 0 fully saturated rings. The predicted molar refractivity (Wildman–Crippen MR) is 66.3 cm³/mol. The zero-order valence-electron chi connectivity index (χ0n) is 7.70. The maximum Gasteiger partial charge on any atom is 0.0520 e. The van der Waals surface area contributed by atoms with Crippen LogP contribution >= 0.6 is 32.9 Å². The van der Waals surface area contributed by atoms with E-state index in [0.29, 0.717) is 6.04 Å². The van der Waals surface area contributed by atoms with Crippen LogP contribution in [0.5, 0.6) is 0 Å². The number of hydrogen-bond donors (Lipinski definition) is 1. The van der Waals surface area contributed by atoms with Gasteiger partial charge in [-0.3, -0.25) is 0 Å². The minimum absolute atomic E-state index is 0. The molecule has 2 N–H and O–H groups in total. The molecule has 0 radical (unpaired) electrons. The van der Waals surface area contributed by atoms with E-state index in [0.717, 1.165) is 10.2 Å². The Morgan fingerprint density at radius 2 is 1.69 bits per heavy atom. The highest BCUT2D eigenvalue weighted by Crippen LogP contribution is 2.17. The van der Waals surface area contributed by atoms with Crippen LogP contribution in [0.4, 0.5) is 5.69 Å². The first kappa shape index (κ1) is 12.9. The Morgan fingerprint density at radius 1 is 1.23 bits per heavy atom. The van der Waals surface area contributed by atoms with Gasteiger partial charge >= 0.3 is 0 Å². The first-order valence-electron chi connectivity index (χ1n) is 3.91. The Bertz CT molecular complexity index is 246. The molecule has 0 unspecified atom stereocenters. The molecule has 0 atom stereocenters. The lowest BCUT2D eigenvalue weighted by Crippen LogP contribution is -2.37. The number of rotatable bonds is 2. The van der Waals surface area contributed by atoms with Gasteiger partial charge in [0.1, 0.15) is 0 Å². The van der Waals surface area contributed by atoms with Crippen molar-refractivity contribution >= 4 is 38.6 Å². The normalized spacial score (nSPS) is 9.62. The lowest BCUT2D eigenvalue weighted by molar-refractivity contribution is 0.711. The summed E-state index contributed by atoms with van der Waals surface area (Å²) in [7, 11) is 0. The third-order valence-corrected chi connectivity index (χ3v) is 2.21. The molecule has 0 saturated carbocycles. The van der Waals surface area contributed by atoms with Gasteiger partial charge in [0.25, 0.3) is 0 Å². The Hall–Kier alpha value is -0.0600. The molecule has 0 aliphatic carbocycles. The Labute approximate surface area is 98.0 Å². The van der Waals surface area contributed by atoms with E-state index in [4.69, 9.17) is 5.84 Å². The summed E-state index contributed by atoms with van der Waals surface area (Å²) < 4.78 is 1.07. The summed E-state index contributed by atoms with van der Waals surface area (Å²) in [6, 6.07) is 8.27. The van der Waals surface area contributed by atoms with Gasteiger partial charge in [-0.05, 0) is 38.1 Å². The lowest BCUT2D eigenvalue weighted by atomic mass is 10.3. The van der Waals surface area contributed by atoms with Gasteiger partial charge in [-0.1, -0.05) is 15.9 Å². The van der Waals surface area contributed by atoms with Gasteiger partial charge in [0.2, 0.25) is 0 Å². The van der Waals surface area contributed by atoms with Gasteiger partial charge in [0.15, 0.2) is 0 Å². The van der Waals surface area contributed by atoms with Gasteiger partial charge < -0.3 is 5.01 Å². The van der Waals surface area contributed by atoms with E-state index in [1.54, 1.807) is 5.01 Å². The molecule has 74 valence electrons. The molecule has 1 rings (SSSR count). The zero-order chi connectivity index (χ0) is 9.14. The number of benzene rings is 1. The summed E-state index contributed by atoms with van der Waals surface area (Å²) in [6.07, 6.45) is 0. The van der Waals surface area contributed by atoms with E-state index in [1.807, 2.05) is 24.3 Å². The molecule has 0 spiro atoms. The van der Waals surface area contributed by atoms with Crippen molar-refractivity contribution in [2.24, 2.45) is 5.84 Å². The summed E-state index contributed by atoms with van der Waals surface area (Å²) in [5.74, 6) is 5.81. The number of halogens is 2. The SMILES string of the molecule is Br.CC(C)N(N)c1ccc(Br)cc1. The fraction of sp³-hybridized carbons (Fsp3) is 0.333. The number of nitrogens with zero attached hydrogens (tertiary/aromatic N) is 1. The standard InChI is InChI=1S/C9H13BrN2.BrH/c1-7(2)12(11)9-5-3-8(10)4-6-9;/h3-7H,11H2,1-2H3;1H. The highest BCUT2D eigenvalue weighted by Gasteiger charge is 2.03. The van der Waals surface area contributed by atoms with E-state index in [1.165, 1.54) is 0 Å². The van der Waals surface area contributed by atoms with Crippen LogP contribution in [0.2, 0.25) is 0 Å². The molecule has 0 aliphatic heterocycles. The average molecular weight is 310 g/mol. The second-order valence-electron chi connectivity index (χ2n) is 2.98. The van der Waals surface area contributed by atoms with Crippen molar-refractivity contribution in [1.29, 1.82) is 0 Å².